The smallest absolute Gasteiger partial charge is 0.253 e. The molecule has 2 aromatic rings. The van der Waals surface area contributed by atoms with Crippen molar-refractivity contribution >= 4 is 29.1 Å². The standard InChI is InChI=1S/C14H9Cl2F2NO/c15-9-1-3-12(16)11(6-9)14(20)19-7-8-5-10(17)2-4-13(8)18/h1-6H,7H2,(H,19,20). The van der Waals surface area contributed by atoms with Gasteiger partial charge in [0, 0.05) is 17.1 Å². The molecule has 0 bridgehead atoms. The van der Waals surface area contributed by atoms with Gasteiger partial charge in [-0.2, -0.15) is 0 Å². The molecular weight excluding hydrogens is 307 g/mol. The Hall–Kier alpha value is -1.65. The molecule has 1 amide bonds. The molecule has 0 radical (unpaired) electrons. The quantitative estimate of drug-likeness (QED) is 0.903. The Morgan fingerprint density at radius 1 is 1.10 bits per heavy atom. The molecule has 0 atom stereocenters. The maximum absolute atomic E-state index is 13.4. The van der Waals surface area contributed by atoms with Crippen LogP contribution in [0.3, 0.4) is 0 Å². The zero-order valence-electron chi connectivity index (χ0n) is 10.1. The fourth-order valence-corrected chi connectivity index (χ4v) is 2.00. The summed E-state index contributed by atoms with van der Waals surface area (Å²) in [5, 5.41) is 3.05. The lowest BCUT2D eigenvalue weighted by Crippen LogP contribution is -2.23. The van der Waals surface area contributed by atoms with E-state index in [0.29, 0.717) is 5.02 Å². The van der Waals surface area contributed by atoms with Gasteiger partial charge in [-0.1, -0.05) is 23.2 Å². The molecule has 2 aromatic carbocycles. The molecular formula is C14H9Cl2F2NO. The molecule has 1 N–H and O–H groups in total. The minimum atomic E-state index is -0.594. The number of nitrogens with one attached hydrogen (secondary N) is 1. The van der Waals surface area contributed by atoms with Gasteiger partial charge in [0.05, 0.1) is 10.6 Å². The monoisotopic (exact) mass is 315 g/mol. The molecule has 0 unspecified atom stereocenters. The summed E-state index contributed by atoms with van der Waals surface area (Å²) < 4.78 is 26.4. The Morgan fingerprint density at radius 3 is 2.60 bits per heavy atom. The second-order valence-electron chi connectivity index (χ2n) is 4.04. The molecule has 0 aliphatic heterocycles. The molecule has 104 valence electrons. The van der Waals surface area contributed by atoms with E-state index in [0.717, 1.165) is 18.2 Å². The highest BCUT2D eigenvalue weighted by Gasteiger charge is 2.12. The van der Waals surface area contributed by atoms with Crippen LogP contribution >= 0.6 is 23.2 Å². The molecule has 0 spiro atoms. The fraction of sp³-hybridized carbons (Fsp3) is 0.0714. The van der Waals surface area contributed by atoms with Crippen molar-refractivity contribution in [1.82, 2.24) is 5.32 Å². The number of rotatable bonds is 3. The molecule has 0 saturated carbocycles. The van der Waals surface area contributed by atoms with Crippen LogP contribution in [0, 0.1) is 11.6 Å². The number of carbonyl (C=O) groups is 1. The first-order chi connectivity index (χ1) is 9.47. The summed E-state index contributed by atoms with van der Waals surface area (Å²) in [4.78, 5) is 11.9. The Bertz CT molecular complexity index is 662. The van der Waals surface area contributed by atoms with Gasteiger partial charge in [-0.3, -0.25) is 4.79 Å². The van der Waals surface area contributed by atoms with Crippen LogP contribution in [-0.2, 0) is 6.54 Å². The normalized spacial score (nSPS) is 10.4. The van der Waals surface area contributed by atoms with Gasteiger partial charge in [-0.05, 0) is 36.4 Å². The Kier molecular flexibility index (Phi) is 4.57. The van der Waals surface area contributed by atoms with E-state index in [4.69, 9.17) is 23.2 Å². The predicted molar refractivity (Wildman–Crippen MR) is 74.0 cm³/mol. The average molecular weight is 316 g/mol. The van der Waals surface area contributed by atoms with Crippen molar-refractivity contribution in [2.75, 3.05) is 0 Å². The third-order valence-electron chi connectivity index (χ3n) is 2.62. The van der Waals surface area contributed by atoms with Crippen molar-refractivity contribution in [3.8, 4) is 0 Å². The van der Waals surface area contributed by atoms with E-state index in [2.05, 4.69) is 5.32 Å². The van der Waals surface area contributed by atoms with Gasteiger partial charge in [0.15, 0.2) is 0 Å². The largest absolute Gasteiger partial charge is 0.348 e. The van der Waals surface area contributed by atoms with Crippen LogP contribution in [0.4, 0.5) is 8.78 Å². The predicted octanol–water partition coefficient (Wildman–Crippen LogP) is 4.20. The van der Waals surface area contributed by atoms with Crippen LogP contribution in [0.1, 0.15) is 15.9 Å². The first-order valence-electron chi connectivity index (χ1n) is 5.64. The van der Waals surface area contributed by atoms with Gasteiger partial charge in [0.2, 0.25) is 0 Å². The van der Waals surface area contributed by atoms with Crippen LogP contribution in [-0.4, -0.2) is 5.91 Å². The Labute approximate surface area is 124 Å². The minimum Gasteiger partial charge on any atom is -0.348 e. The minimum absolute atomic E-state index is 0.0523. The van der Waals surface area contributed by atoms with E-state index in [1.807, 2.05) is 0 Å². The molecule has 20 heavy (non-hydrogen) atoms. The maximum atomic E-state index is 13.4. The molecule has 0 aliphatic rings. The molecule has 2 rings (SSSR count). The third kappa shape index (κ3) is 3.46. The highest BCUT2D eigenvalue weighted by atomic mass is 35.5. The molecule has 2 nitrogen and oxygen atoms in total. The number of carbonyl (C=O) groups excluding carboxylic acids is 1. The number of halogens is 4. The summed E-state index contributed by atoms with van der Waals surface area (Å²) in [5.74, 6) is -1.68. The van der Waals surface area contributed by atoms with Crippen LogP contribution in [0.25, 0.3) is 0 Å². The molecule has 0 saturated heterocycles. The van der Waals surface area contributed by atoms with Crippen molar-refractivity contribution in [1.29, 1.82) is 0 Å². The molecule has 0 heterocycles. The molecule has 6 heteroatoms. The van der Waals surface area contributed by atoms with Crippen LogP contribution in [0.5, 0.6) is 0 Å². The van der Waals surface area contributed by atoms with Crippen molar-refractivity contribution in [3.63, 3.8) is 0 Å². The lowest BCUT2D eigenvalue weighted by atomic mass is 10.2. The fourth-order valence-electron chi connectivity index (χ4n) is 1.62. The van der Waals surface area contributed by atoms with Crippen molar-refractivity contribution in [2.24, 2.45) is 0 Å². The van der Waals surface area contributed by atoms with E-state index in [-0.39, 0.29) is 22.7 Å². The van der Waals surface area contributed by atoms with Crippen LogP contribution in [0.15, 0.2) is 36.4 Å². The lowest BCUT2D eigenvalue weighted by molar-refractivity contribution is 0.0950. The molecule has 0 fully saturated rings. The van der Waals surface area contributed by atoms with Crippen LogP contribution in [0.2, 0.25) is 10.0 Å². The maximum Gasteiger partial charge on any atom is 0.253 e. The second-order valence-corrected chi connectivity index (χ2v) is 4.89. The Balaban J connectivity index is 2.12. The van der Waals surface area contributed by atoms with Crippen LogP contribution < -0.4 is 5.32 Å². The van der Waals surface area contributed by atoms with Gasteiger partial charge in [0.25, 0.3) is 5.91 Å². The zero-order chi connectivity index (χ0) is 14.7. The first kappa shape index (κ1) is 14.8. The van der Waals surface area contributed by atoms with Gasteiger partial charge in [-0.15, -0.1) is 0 Å². The van der Waals surface area contributed by atoms with Gasteiger partial charge < -0.3 is 5.32 Å². The average Bonchev–Trinajstić information content (AvgIpc) is 2.42. The summed E-state index contributed by atoms with van der Waals surface area (Å²) in [5.41, 5.74) is 0.229. The van der Waals surface area contributed by atoms with Gasteiger partial charge in [-0.25, -0.2) is 8.78 Å². The summed E-state index contributed by atoms with van der Waals surface area (Å²) in [6.45, 7) is -0.148. The van der Waals surface area contributed by atoms with Crippen molar-refractivity contribution < 1.29 is 13.6 Å². The van der Waals surface area contributed by atoms with E-state index < -0.39 is 17.5 Å². The van der Waals surface area contributed by atoms with E-state index in [9.17, 15) is 13.6 Å². The lowest BCUT2D eigenvalue weighted by Gasteiger charge is -2.08. The van der Waals surface area contributed by atoms with Crippen molar-refractivity contribution in [3.05, 3.63) is 69.2 Å². The first-order valence-corrected chi connectivity index (χ1v) is 6.40. The summed E-state index contributed by atoms with van der Waals surface area (Å²) in [7, 11) is 0. The number of hydrogen-bond donors (Lipinski definition) is 1. The van der Waals surface area contributed by atoms with E-state index in [1.54, 1.807) is 6.07 Å². The summed E-state index contributed by atoms with van der Waals surface area (Å²) in [6.07, 6.45) is 0. The zero-order valence-corrected chi connectivity index (χ0v) is 11.6. The van der Waals surface area contributed by atoms with E-state index in [1.165, 1.54) is 12.1 Å². The third-order valence-corrected chi connectivity index (χ3v) is 3.18. The summed E-state index contributed by atoms with van der Waals surface area (Å²) >= 11 is 11.7. The van der Waals surface area contributed by atoms with E-state index >= 15 is 0 Å². The Morgan fingerprint density at radius 2 is 1.85 bits per heavy atom. The molecule has 0 aromatic heterocycles. The number of hydrogen-bond acceptors (Lipinski definition) is 1. The van der Waals surface area contributed by atoms with Gasteiger partial charge >= 0.3 is 0 Å². The molecule has 0 aliphatic carbocycles. The number of benzene rings is 2. The topological polar surface area (TPSA) is 29.1 Å². The van der Waals surface area contributed by atoms with Gasteiger partial charge in [0.1, 0.15) is 11.6 Å². The van der Waals surface area contributed by atoms with Crippen molar-refractivity contribution in [2.45, 2.75) is 6.54 Å². The highest BCUT2D eigenvalue weighted by molar-refractivity contribution is 6.35. The number of amides is 1. The second kappa shape index (κ2) is 6.20. The summed E-state index contributed by atoms with van der Waals surface area (Å²) in [6, 6.07) is 7.47. The SMILES string of the molecule is O=C(NCc1cc(F)ccc1F)c1cc(Cl)ccc1Cl. The highest BCUT2D eigenvalue weighted by Crippen LogP contribution is 2.20.